The van der Waals surface area contributed by atoms with E-state index in [0.29, 0.717) is 0 Å². The second-order valence-electron chi connectivity index (χ2n) is 4.29. The van der Waals surface area contributed by atoms with Crippen LogP contribution in [-0.2, 0) is 0 Å². The van der Waals surface area contributed by atoms with Gasteiger partial charge < -0.3 is 5.73 Å². The van der Waals surface area contributed by atoms with E-state index < -0.39 is 6.29 Å². The van der Waals surface area contributed by atoms with Gasteiger partial charge in [-0.3, -0.25) is 10.0 Å². The zero-order valence-electron chi connectivity index (χ0n) is 10.5. The summed E-state index contributed by atoms with van der Waals surface area (Å²) in [5.74, 6) is 1.08. The molecule has 0 aromatic carbocycles. The van der Waals surface area contributed by atoms with Gasteiger partial charge in [-0.05, 0) is 6.42 Å². The molecule has 98 valence electrons. The van der Waals surface area contributed by atoms with Crippen molar-refractivity contribution in [1.29, 1.82) is 0 Å². The van der Waals surface area contributed by atoms with Crippen molar-refractivity contribution in [1.82, 2.24) is 4.31 Å². The van der Waals surface area contributed by atoms with E-state index in [2.05, 4.69) is 29.7 Å². The lowest BCUT2D eigenvalue weighted by molar-refractivity contribution is 0.489. The molecule has 1 aliphatic rings. The van der Waals surface area contributed by atoms with Crippen LogP contribution in [0.15, 0.2) is 9.98 Å². The van der Waals surface area contributed by atoms with Crippen LogP contribution < -0.4 is 11.5 Å². The first-order chi connectivity index (χ1) is 8.15. The van der Waals surface area contributed by atoms with Crippen molar-refractivity contribution in [2.24, 2.45) is 21.5 Å². The van der Waals surface area contributed by atoms with Gasteiger partial charge in [0.15, 0.2) is 6.29 Å². The number of nitrogens with two attached hydrogens (primary N) is 2. The maximum Gasteiger partial charge on any atom is 0.220 e. The molecule has 6 heteroatoms. The Morgan fingerprint density at radius 1 is 1.24 bits per heavy atom. The van der Waals surface area contributed by atoms with Crippen LogP contribution in [0.5, 0.6) is 0 Å². The van der Waals surface area contributed by atoms with Gasteiger partial charge in [0.05, 0.1) is 0 Å². The van der Waals surface area contributed by atoms with Gasteiger partial charge in [0.1, 0.15) is 5.84 Å². The van der Waals surface area contributed by atoms with Gasteiger partial charge in [0, 0.05) is 6.42 Å². The number of guanidine groups is 1. The fourth-order valence-electron chi connectivity index (χ4n) is 1.79. The molecular formula is C11H23N5S. The van der Waals surface area contributed by atoms with Gasteiger partial charge in [0.25, 0.3) is 0 Å². The van der Waals surface area contributed by atoms with Crippen LogP contribution in [-0.4, -0.2) is 22.4 Å². The van der Waals surface area contributed by atoms with E-state index in [1.165, 1.54) is 32.1 Å². The van der Waals surface area contributed by atoms with Gasteiger partial charge in [-0.15, -0.1) is 0 Å². The van der Waals surface area contributed by atoms with Crippen LogP contribution in [0.25, 0.3) is 0 Å². The van der Waals surface area contributed by atoms with Crippen molar-refractivity contribution in [2.45, 2.75) is 58.2 Å². The third-order valence-corrected chi connectivity index (χ3v) is 3.24. The van der Waals surface area contributed by atoms with E-state index in [4.69, 9.17) is 11.5 Å². The number of thiol groups is 1. The minimum Gasteiger partial charge on any atom is -0.368 e. The summed E-state index contributed by atoms with van der Waals surface area (Å²) in [6.07, 6.45) is 7.86. The van der Waals surface area contributed by atoms with Crippen molar-refractivity contribution < 1.29 is 0 Å². The van der Waals surface area contributed by atoms with Gasteiger partial charge >= 0.3 is 0 Å². The SMILES string of the molecule is CCCCCCCCC1=NC(N)=NC(N)N1S. The summed E-state index contributed by atoms with van der Waals surface area (Å²) in [5, 5.41) is 0. The van der Waals surface area contributed by atoms with Crippen molar-refractivity contribution in [3.63, 3.8) is 0 Å². The fourth-order valence-corrected chi connectivity index (χ4v) is 1.99. The predicted molar refractivity (Wildman–Crippen MR) is 75.9 cm³/mol. The summed E-state index contributed by atoms with van der Waals surface area (Å²) < 4.78 is 1.59. The number of hydrogen-bond acceptors (Lipinski definition) is 6. The first kappa shape index (κ1) is 14.3. The molecular weight excluding hydrogens is 234 g/mol. The predicted octanol–water partition coefficient (Wildman–Crippen LogP) is 1.85. The van der Waals surface area contributed by atoms with E-state index in [9.17, 15) is 0 Å². The molecule has 0 fully saturated rings. The summed E-state index contributed by atoms with van der Waals surface area (Å²) in [5.41, 5.74) is 11.3. The van der Waals surface area contributed by atoms with Crippen LogP contribution in [0, 0.1) is 0 Å². The van der Waals surface area contributed by atoms with Crippen molar-refractivity contribution in [2.75, 3.05) is 0 Å². The molecule has 0 radical (unpaired) electrons. The molecule has 0 aromatic heterocycles. The number of amidine groups is 1. The minimum absolute atomic E-state index is 0.254. The highest BCUT2D eigenvalue weighted by Crippen LogP contribution is 2.14. The van der Waals surface area contributed by atoms with E-state index in [1.807, 2.05) is 0 Å². The summed E-state index contributed by atoms with van der Waals surface area (Å²) >= 11 is 4.27. The summed E-state index contributed by atoms with van der Waals surface area (Å²) in [6.45, 7) is 2.22. The Labute approximate surface area is 109 Å². The Morgan fingerprint density at radius 2 is 1.88 bits per heavy atom. The molecule has 1 heterocycles. The normalized spacial score (nSPS) is 20.2. The molecule has 0 saturated heterocycles. The van der Waals surface area contributed by atoms with Gasteiger partial charge in [-0.2, -0.15) is 4.99 Å². The Kier molecular flexibility index (Phi) is 6.36. The molecule has 0 amide bonds. The highest BCUT2D eigenvalue weighted by atomic mass is 32.1. The number of rotatable bonds is 7. The summed E-state index contributed by atoms with van der Waals surface area (Å²) in [7, 11) is 0. The third kappa shape index (κ3) is 4.95. The lowest BCUT2D eigenvalue weighted by atomic mass is 10.1. The van der Waals surface area contributed by atoms with Crippen molar-refractivity contribution >= 4 is 24.6 Å². The molecule has 17 heavy (non-hydrogen) atoms. The maximum absolute atomic E-state index is 5.73. The molecule has 0 aliphatic carbocycles. The quantitative estimate of drug-likeness (QED) is 0.481. The molecule has 1 aliphatic heterocycles. The molecule has 0 saturated carbocycles. The van der Waals surface area contributed by atoms with Crippen LogP contribution in [0.1, 0.15) is 51.9 Å². The van der Waals surface area contributed by atoms with Crippen LogP contribution in [0.3, 0.4) is 0 Å². The first-order valence-corrected chi connectivity index (χ1v) is 6.69. The Bertz CT molecular complexity index is 290. The molecule has 1 atom stereocenters. The molecule has 0 spiro atoms. The Hall–Kier alpha value is -0.750. The topological polar surface area (TPSA) is 80.0 Å². The lowest BCUT2D eigenvalue weighted by Gasteiger charge is -2.26. The van der Waals surface area contributed by atoms with E-state index in [1.54, 1.807) is 4.31 Å². The van der Waals surface area contributed by atoms with E-state index in [0.717, 1.165) is 18.7 Å². The molecule has 0 aromatic rings. The average Bonchev–Trinajstić information content (AvgIpc) is 2.29. The fraction of sp³-hybridized carbons (Fsp3) is 0.818. The van der Waals surface area contributed by atoms with Crippen molar-refractivity contribution in [3.05, 3.63) is 0 Å². The second kappa shape index (κ2) is 7.55. The zero-order valence-corrected chi connectivity index (χ0v) is 11.4. The van der Waals surface area contributed by atoms with Crippen molar-refractivity contribution in [3.8, 4) is 0 Å². The molecule has 5 nitrogen and oxygen atoms in total. The largest absolute Gasteiger partial charge is 0.368 e. The number of nitrogens with zero attached hydrogens (tertiary/aromatic N) is 3. The molecule has 1 unspecified atom stereocenters. The monoisotopic (exact) mass is 257 g/mol. The highest BCUT2D eigenvalue weighted by molar-refractivity contribution is 7.78. The second-order valence-corrected chi connectivity index (χ2v) is 4.72. The van der Waals surface area contributed by atoms with Crippen LogP contribution in [0.2, 0.25) is 0 Å². The average molecular weight is 257 g/mol. The van der Waals surface area contributed by atoms with Crippen LogP contribution >= 0.6 is 12.8 Å². The Morgan fingerprint density at radius 3 is 2.59 bits per heavy atom. The van der Waals surface area contributed by atoms with Gasteiger partial charge in [-0.1, -0.05) is 51.8 Å². The number of unbranched alkanes of at least 4 members (excludes halogenated alkanes) is 5. The van der Waals surface area contributed by atoms with E-state index >= 15 is 0 Å². The maximum atomic E-state index is 5.73. The van der Waals surface area contributed by atoms with Gasteiger partial charge in [-0.25, -0.2) is 4.99 Å². The molecule has 4 N–H and O–H groups in total. The number of hydrogen-bond donors (Lipinski definition) is 3. The van der Waals surface area contributed by atoms with Crippen LogP contribution in [0.4, 0.5) is 0 Å². The van der Waals surface area contributed by atoms with Gasteiger partial charge in [0.2, 0.25) is 5.96 Å². The number of aliphatic imine (C=N–C) groups is 2. The smallest absolute Gasteiger partial charge is 0.220 e. The minimum atomic E-state index is -0.508. The first-order valence-electron chi connectivity index (χ1n) is 6.29. The van der Waals surface area contributed by atoms with E-state index in [-0.39, 0.29) is 5.96 Å². The summed E-state index contributed by atoms with van der Waals surface area (Å²) in [4.78, 5) is 8.08. The highest BCUT2D eigenvalue weighted by Gasteiger charge is 2.19. The molecule has 0 bridgehead atoms. The Balaban J connectivity index is 2.24. The lowest BCUT2D eigenvalue weighted by Crippen LogP contribution is -2.43. The molecule has 1 rings (SSSR count). The third-order valence-electron chi connectivity index (χ3n) is 2.78. The summed E-state index contributed by atoms with van der Waals surface area (Å²) in [6, 6.07) is 0. The zero-order chi connectivity index (χ0) is 12.7. The standard InChI is InChI=1S/C11H23N5S/c1-2-3-4-5-6-7-8-9-14-10(12)15-11(13)16(9)17/h11,17H,2-8,13H2,1H3,(H2,12,15).